The van der Waals surface area contributed by atoms with Crippen molar-refractivity contribution in [3.8, 4) is 0 Å². The summed E-state index contributed by atoms with van der Waals surface area (Å²) in [5.41, 5.74) is 0. The summed E-state index contributed by atoms with van der Waals surface area (Å²) in [4.78, 5) is 0. The molecule has 11 heavy (non-hydrogen) atoms. The van der Waals surface area contributed by atoms with Crippen LogP contribution in [0.4, 0.5) is 17.6 Å². The Morgan fingerprint density at radius 2 is 1.91 bits per heavy atom. The maximum atomic E-state index is 12.3. The minimum atomic E-state index is -3.36. The molecule has 1 atom stereocenters. The Morgan fingerprint density at radius 1 is 1.36 bits per heavy atom. The molecule has 0 aliphatic carbocycles. The first kappa shape index (κ1) is 10.7. The van der Waals surface area contributed by atoms with Gasteiger partial charge in [0.1, 0.15) is 6.17 Å². The Labute approximate surface area is 63.6 Å². The molecule has 0 saturated carbocycles. The van der Waals surface area contributed by atoms with E-state index in [2.05, 4.69) is 6.92 Å². The van der Waals surface area contributed by atoms with E-state index in [-0.39, 0.29) is 12.8 Å². The quantitative estimate of drug-likeness (QED) is 0.558. The molecule has 0 spiro atoms. The molecule has 4 heteroatoms. The van der Waals surface area contributed by atoms with Gasteiger partial charge in [-0.25, -0.2) is 17.6 Å². The second-order valence-corrected chi connectivity index (χ2v) is 2.41. The Hall–Kier alpha value is -0.280. The first-order chi connectivity index (χ1) is 5.02. The average Bonchev–Trinajstić information content (AvgIpc) is 2.00. The van der Waals surface area contributed by atoms with Gasteiger partial charge in [-0.3, -0.25) is 0 Å². The molecule has 0 amide bonds. The molecule has 0 aromatic heterocycles. The summed E-state index contributed by atoms with van der Waals surface area (Å²) in [6.07, 6.45) is -2.43. The number of hydrogen-bond donors (Lipinski definition) is 0. The third-order valence-corrected chi connectivity index (χ3v) is 1.33. The predicted molar refractivity (Wildman–Crippen MR) is 35.0 cm³/mol. The number of hydrogen-bond acceptors (Lipinski definition) is 0. The minimum absolute atomic E-state index is 0.0393. The third-order valence-electron chi connectivity index (χ3n) is 1.33. The molecule has 0 aromatic rings. The van der Waals surface area contributed by atoms with E-state index in [1.807, 2.05) is 0 Å². The zero-order valence-electron chi connectivity index (χ0n) is 6.12. The summed E-state index contributed by atoms with van der Waals surface area (Å²) in [6.45, 7) is 1.49. The van der Waals surface area contributed by atoms with Crippen molar-refractivity contribution in [3.63, 3.8) is 0 Å². The van der Waals surface area contributed by atoms with Crippen molar-refractivity contribution < 1.29 is 17.6 Å². The standard InChI is InChI=1S/C7H11F4/c1-2-6(9)3-4-7(10,11)5-8/h6H,1-5H2/t6-/m0/s1. The van der Waals surface area contributed by atoms with Crippen molar-refractivity contribution in [3.05, 3.63) is 6.92 Å². The molecule has 0 heterocycles. The van der Waals surface area contributed by atoms with E-state index in [4.69, 9.17) is 0 Å². The van der Waals surface area contributed by atoms with Crippen molar-refractivity contribution in [2.45, 2.75) is 31.4 Å². The Balaban J connectivity index is 3.52. The van der Waals surface area contributed by atoms with E-state index in [9.17, 15) is 17.6 Å². The maximum Gasteiger partial charge on any atom is 0.276 e. The molecule has 0 fully saturated rings. The first-order valence-electron chi connectivity index (χ1n) is 3.39. The molecule has 0 N–H and O–H groups in total. The topological polar surface area (TPSA) is 0 Å². The molecule has 0 saturated heterocycles. The third kappa shape index (κ3) is 5.04. The van der Waals surface area contributed by atoms with E-state index in [1.54, 1.807) is 0 Å². The lowest BCUT2D eigenvalue weighted by atomic mass is 10.1. The summed E-state index contributed by atoms with van der Waals surface area (Å²) < 4.78 is 47.9. The van der Waals surface area contributed by atoms with Gasteiger partial charge in [-0.05, 0) is 12.8 Å². The van der Waals surface area contributed by atoms with Crippen LogP contribution in [0, 0.1) is 6.92 Å². The summed E-state index contributed by atoms with van der Waals surface area (Å²) in [5.74, 6) is -3.36. The molecule has 67 valence electrons. The van der Waals surface area contributed by atoms with E-state index in [1.165, 1.54) is 0 Å². The lowest BCUT2D eigenvalue weighted by Gasteiger charge is -2.12. The highest BCUT2D eigenvalue weighted by molar-refractivity contribution is 4.68. The average molecular weight is 171 g/mol. The minimum Gasteiger partial charge on any atom is -0.247 e. The van der Waals surface area contributed by atoms with Crippen molar-refractivity contribution in [1.29, 1.82) is 0 Å². The second kappa shape index (κ2) is 4.57. The molecule has 1 radical (unpaired) electrons. The van der Waals surface area contributed by atoms with Crippen molar-refractivity contribution in [2.24, 2.45) is 0 Å². The van der Waals surface area contributed by atoms with Crippen LogP contribution in [0.5, 0.6) is 0 Å². The first-order valence-corrected chi connectivity index (χ1v) is 3.39. The summed E-state index contributed by atoms with van der Waals surface area (Å²) in [6, 6.07) is 0. The molecule has 0 aliphatic rings. The van der Waals surface area contributed by atoms with E-state index >= 15 is 0 Å². The molecule has 0 rings (SSSR count). The Bertz CT molecular complexity index is 103. The van der Waals surface area contributed by atoms with Gasteiger partial charge in [-0.1, -0.05) is 6.92 Å². The molecule has 0 unspecified atom stereocenters. The number of rotatable bonds is 5. The molecule has 0 nitrogen and oxygen atoms in total. The highest BCUT2D eigenvalue weighted by Crippen LogP contribution is 2.22. The van der Waals surface area contributed by atoms with Gasteiger partial charge in [0, 0.05) is 6.42 Å². The van der Waals surface area contributed by atoms with Gasteiger partial charge >= 0.3 is 0 Å². The fourth-order valence-electron chi connectivity index (χ4n) is 0.579. The van der Waals surface area contributed by atoms with Crippen LogP contribution in [-0.4, -0.2) is 18.8 Å². The van der Waals surface area contributed by atoms with Crippen LogP contribution >= 0.6 is 0 Å². The normalized spacial score (nSPS) is 15.0. The second-order valence-electron chi connectivity index (χ2n) is 2.41. The van der Waals surface area contributed by atoms with Crippen LogP contribution in [0.1, 0.15) is 19.3 Å². The summed E-state index contributed by atoms with van der Waals surface area (Å²) >= 11 is 0. The van der Waals surface area contributed by atoms with Crippen molar-refractivity contribution >= 4 is 0 Å². The predicted octanol–water partition coefficient (Wildman–Crippen LogP) is 2.93. The SMILES string of the molecule is [CH2]C[C@H](F)CCC(F)(F)CF. The van der Waals surface area contributed by atoms with Crippen LogP contribution in [-0.2, 0) is 0 Å². The largest absolute Gasteiger partial charge is 0.276 e. The smallest absolute Gasteiger partial charge is 0.247 e. The van der Waals surface area contributed by atoms with E-state index in [0.717, 1.165) is 0 Å². The maximum absolute atomic E-state index is 12.3. The highest BCUT2D eigenvalue weighted by Gasteiger charge is 2.29. The Morgan fingerprint density at radius 3 is 2.27 bits per heavy atom. The number of alkyl halides is 4. The highest BCUT2D eigenvalue weighted by atomic mass is 19.3. The lowest BCUT2D eigenvalue weighted by molar-refractivity contribution is -0.0360. The van der Waals surface area contributed by atoms with Crippen LogP contribution in [0.15, 0.2) is 0 Å². The van der Waals surface area contributed by atoms with Gasteiger partial charge in [-0.15, -0.1) is 0 Å². The van der Waals surface area contributed by atoms with Crippen LogP contribution in [0.25, 0.3) is 0 Å². The van der Waals surface area contributed by atoms with Crippen molar-refractivity contribution in [2.75, 3.05) is 6.67 Å². The zero-order chi connectivity index (χ0) is 8.91. The van der Waals surface area contributed by atoms with Gasteiger partial charge in [0.05, 0.1) is 0 Å². The number of halogens is 4. The van der Waals surface area contributed by atoms with Gasteiger partial charge in [0.15, 0.2) is 6.67 Å². The summed E-state index contributed by atoms with van der Waals surface area (Å²) in [7, 11) is 0. The molecular weight excluding hydrogens is 160 g/mol. The molecule has 0 aromatic carbocycles. The van der Waals surface area contributed by atoms with E-state index in [0.29, 0.717) is 0 Å². The van der Waals surface area contributed by atoms with Gasteiger partial charge in [0.25, 0.3) is 5.92 Å². The lowest BCUT2D eigenvalue weighted by Crippen LogP contribution is -2.20. The molecular formula is C7H11F4. The van der Waals surface area contributed by atoms with Gasteiger partial charge in [0.2, 0.25) is 0 Å². The fourth-order valence-corrected chi connectivity index (χ4v) is 0.579. The molecule has 0 bridgehead atoms. The van der Waals surface area contributed by atoms with Crippen LogP contribution < -0.4 is 0 Å². The fraction of sp³-hybridized carbons (Fsp3) is 0.857. The van der Waals surface area contributed by atoms with Gasteiger partial charge in [-0.2, -0.15) is 0 Å². The molecule has 0 aliphatic heterocycles. The monoisotopic (exact) mass is 171 g/mol. The zero-order valence-corrected chi connectivity index (χ0v) is 6.12. The van der Waals surface area contributed by atoms with Crippen LogP contribution in [0.2, 0.25) is 0 Å². The van der Waals surface area contributed by atoms with E-state index < -0.39 is 25.2 Å². The summed E-state index contributed by atoms with van der Waals surface area (Å²) in [5, 5.41) is 0. The van der Waals surface area contributed by atoms with Crippen LogP contribution in [0.3, 0.4) is 0 Å². The van der Waals surface area contributed by atoms with Gasteiger partial charge < -0.3 is 0 Å². The Kier molecular flexibility index (Phi) is 4.45. The van der Waals surface area contributed by atoms with Crippen molar-refractivity contribution in [1.82, 2.24) is 0 Å².